The van der Waals surface area contributed by atoms with Crippen molar-refractivity contribution in [1.82, 2.24) is 19.7 Å². The highest BCUT2D eigenvalue weighted by Crippen LogP contribution is 2.34. The molecule has 2 heterocycles. The Morgan fingerprint density at radius 2 is 1.84 bits per heavy atom. The number of benzene rings is 2. The molecule has 1 amide bonds. The molecule has 0 atom stereocenters. The average molecular weight is 468 g/mol. The SMILES string of the molecule is Cc1c(Cl)ccc2sc(N(CCCN(C)C)C(=O)c3cnn(-c4ccccc4)c3C)nc12. The largest absolute Gasteiger partial charge is 0.309 e. The van der Waals surface area contributed by atoms with Crippen LogP contribution in [0.1, 0.15) is 28.0 Å². The van der Waals surface area contributed by atoms with Crippen molar-refractivity contribution in [3.8, 4) is 5.69 Å². The molecule has 0 saturated carbocycles. The summed E-state index contributed by atoms with van der Waals surface area (Å²) in [4.78, 5) is 22.4. The second-order valence-electron chi connectivity index (χ2n) is 8.02. The third kappa shape index (κ3) is 4.41. The number of fused-ring (bicyclic) bond motifs is 1. The summed E-state index contributed by atoms with van der Waals surface area (Å²) < 4.78 is 2.82. The number of carbonyl (C=O) groups excluding carboxylic acids is 1. The average Bonchev–Trinajstić information content (AvgIpc) is 3.38. The van der Waals surface area contributed by atoms with E-state index in [1.54, 1.807) is 15.8 Å². The van der Waals surface area contributed by atoms with Crippen molar-refractivity contribution >= 4 is 44.2 Å². The van der Waals surface area contributed by atoms with Crippen LogP contribution in [0.25, 0.3) is 15.9 Å². The number of thiazole rings is 1. The van der Waals surface area contributed by atoms with E-state index in [0.717, 1.165) is 40.1 Å². The van der Waals surface area contributed by atoms with E-state index in [1.165, 1.54) is 11.3 Å². The molecule has 0 aliphatic carbocycles. The Kier molecular flexibility index (Phi) is 6.60. The smallest absolute Gasteiger partial charge is 0.263 e. The topological polar surface area (TPSA) is 54.3 Å². The number of aryl methyl sites for hydroxylation is 1. The summed E-state index contributed by atoms with van der Waals surface area (Å²) in [5.41, 5.74) is 4.08. The molecule has 0 aliphatic rings. The molecule has 2 aromatic heterocycles. The van der Waals surface area contributed by atoms with E-state index in [2.05, 4.69) is 10.00 Å². The van der Waals surface area contributed by atoms with E-state index in [-0.39, 0.29) is 5.91 Å². The lowest BCUT2D eigenvalue weighted by Gasteiger charge is -2.21. The van der Waals surface area contributed by atoms with Crippen LogP contribution in [0.5, 0.6) is 0 Å². The fourth-order valence-electron chi connectivity index (χ4n) is 3.63. The normalized spacial score (nSPS) is 11.4. The fourth-order valence-corrected chi connectivity index (χ4v) is 4.83. The van der Waals surface area contributed by atoms with Gasteiger partial charge >= 0.3 is 0 Å². The fraction of sp³-hybridized carbons (Fsp3) is 0.292. The van der Waals surface area contributed by atoms with Crippen LogP contribution in [-0.4, -0.2) is 52.8 Å². The minimum Gasteiger partial charge on any atom is -0.309 e. The van der Waals surface area contributed by atoms with Crippen LogP contribution in [0.3, 0.4) is 0 Å². The molecule has 4 aromatic rings. The molecule has 0 unspecified atom stereocenters. The molecule has 166 valence electrons. The van der Waals surface area contributed by atoms with Gasteiger partial charge in [-0.15, -0.1) is 0 Å². The predicted molar refractivity (Wildman–Crippen MR) is 133 cm³/mol. The molecule has 0 radical (unpaired) electrons. The molecule has 0 saturated heterocycles. The van der Waals surface area contributed by atoms with Gasteiger partial charge in [0.25, 0.3) is 5.91 Å². The summed E-state index contributed by atoms with van der Waals surface area (Å²) in [7, 11) is 4.06. The lowest BCUT2D eigenvalue weighted by Crippen LogP contribution is -2.33. The summed E-state index contributed by atoms with van der Waals surface area (Å²) in [6.45, 7) is 5.33. The van der Waals surface area contributed by atoms with Gasteiger partial charge in [-0.3, -0.25) is 9.69 Å². The van der Waals surface area contributed by atoms with E-state index in [1.807, 2.05) is 70.4 Å². The van der Waals surface area contributed by atoms with Crippen LogP contribution in [0, 0.1) is 13.8 Å². The first-order valence-electron chi connectivity index (χ1n) is 10.5. The Morgan fingerprint density at radius 1 is 1.09 bits per heavy atom. The standard InChI is InChI=1S/C24H26ClN5OS/c1-16-20(25)11-12-21-22(16)27-24(32-21)29(14-8-13-28(3)4)23(31)19-15-26-30(17(19)2)18-9-6-5-7-10-18/h5-7,9-12,15H,8,13-14H2,1-4H3. The van der Waals surface area contributed by atoms with Crippen molar-refractivity contribution in [2.45, 2.75) is 20.3 Å². The van der Waals surface area contributed by atoms with Gasteiger partial charge in [0.15, 0.2) is 5.13 Å². The van der Waals surface area contributed by atoms with Gasteiger partial charge < -0.3 is 4.90 Å². The Labute approximate surface area is 197 Å². The monoisotopic (exact) mass is 467 g/mol. The number of halogens is 1. The third-order valence-electron chi connectivity index (χ3n) is 5.44. The van der Waals surface area contributed by atoms with Gasteiger partial charge in [-0.05, 0) is 70.7 Å². The second-order valence-corrected chi connectivity index (χ2v) is 9.44. The highest BCUT2D eigenvalue weighted by atomic mass is 35.5. The zero-order chi connectivity index (χ0) is 22.8. The van der Waals surface area contributed by atoms with Crippen LogP contribution >= 0.6 is 22.9 Å². The van der Waals surface area contributed by atoms with Gasteiger partial charge in [0.1, 0.15) is 0 Å². The molecule has 0 N–H and O–H groups in total. The first kappa shape index (κ1) is 22.5. The maximum atomic E-state index is 13.7. The van der Waals surface area contributed by atoms with Crippen molar-refractivity contribution < 1.29 is 4.79 Å². The minimum atomic E-state index is -0.0914. The predicted octanol–water partition coefficient (Wildman–Crippen LogP) is 5.35. The Hall–Kier alpha value is -2.74. The third-order valence-corrected chi connectivity index (χ3v) is 6.89. The number of aromatic nitrogens is 3. The van der Waals surface area contributed by atoms with Gasteiger partial charge in [0.2, 0.25) is 0 Å². The number of hydrogen-bond donors (Lipinski definition) is 0. The van der Waals surface area contributed by atoms with Crippen molar-refractivity contribution in [1.29, 1.82) is 0 Å². The summed E-state index contributed by atoms with van der Waals surface area (Å²) >= 11 is 7.82. The van der Waals surface area contributed by atoms with E-state index < -0.39 is 0 Å². The van der Waals surface area contributed by atoms with Crippen LogP contribution in [0.2, 0.25) is 5.02 Å². The summed E-state index contributed by atoms with van der Waals surface area (Å²) in [6, 6.07) is 13.7. The van der Waals surface area contributed by atoms with Crippen LogP contribution < -0.4 is 4.90 Å². The maximum Gasteiger partial charge on any atom is 0.263 e. The van der Waals surface area contributed by atoms with E-state index in [4.69, 9.17) is 16.6 Å². The quantitative estimate of drug-likeness (QED) is 0.367. The number of hydrogen-bond acceptors (Lipinski definition) is 5. The zero-order valence-electron chi connectivity index (χ0n) is 18.7. The molecule has 2 aromatic carbocycles. The van der Waals surface area contributed by atoms with Crippen LogP contribution in [0.15, 0.2) is 48.7 Å². The molecular weight excluding hydrogens is 442 g/mol. The molecular formula is C24H26ClN5OS. The number of anilines is 1. The lowest BCUT2D eigenvalue weighted by molar-refractivity contribution is 0.0985. The maximum absolute atomic E-state index is 13.7. The molecule has 0 fully saturated rings. The molecule has 0 bridgehead atoms. The molecule has 32 heavy (non-hydrogen) atoms. The number of para-hydroxylation sites is 1. The number of carbonyl (C=O) groups is 1. The van der Waals surface area contributed by atoms with Gasteiger partial charge in [0, 0.05) is 11.6 Å². The van der Waals surface area contributed by atoms with Crippen LogP contribution in [-0.2, 0) is 0 Å². The van der Waals surface area contributed by atoms with E-state index in [0.29, 0.717) is 22.3 Å². The Morgan fingerprint density at radius 3 is 2.56 bits per heavy atom. The van der Waals surface area contributed by atoms with Gasteiger partial charge in [-0.25, -0.2) is 9.67 Å². The van der Waals surface area contributed by atoms with Gasteiger partial charge in [0.05, 0.1) is 33.4 Å². The molecule has 8 heteroatoms. The number of rotatable bonds is 7. The first-order valence-corrected chi connectivity index (χ1v) is 11.7. The van der Waals surface area contributed by atoms with Crippen molar-refractivity contribution in [2.75, 3.05) is 32.1 Å². The number of amides is 1. The first-order chi connectivity index (χ1) is 15.4. The summed E-state index contributed by atoms with van der Waals surface area (Å²) in [5.74, 6) is -0.0914. The summed E-state index contributed by atoms with van der Waals surface area (Å²) in [6.07, 6.45) is 2.49. The summed E-state index contributed by atoms with van der Waals surface area (Å²) in [5, 5.41) is 5.85. The molecule has 6 nitrogen and oxygen atoms in total. The van der Waals surface area contributed by atoms with E-state index in [9.17, 15) is 4.79 Å². The van der Waals surface area contributed by atoms with Gasteiger partial charge in [-0.2, -0.15) is 5.10 Å². The highest BCUT2D eigenvalue weighted by molar-refractivity contribution is 7.22. The van der Waals surface area contributed by atoms with Crippen molar-refractivity contribution in [3.63, 3.8) is 0 Å². The Balaban J connectivity index is 1.72. The zero-order valence-corrected chi connectivity index (χ0v) is 20.2. The van der Waals surface area contributed by atoms with Crippen molar-refractivity contribution in [3.05, 3.63) is 70.5 Å². The van der Waals surface area contributed by atoms with Crippen LogP contribution in [0.4, 0.5) is 5.13 Å². The van der Waals surface area contributed by atoms with Crippen molar-refractivity contribution in [2.24, 2.45) is 0 Å². The highest BCUT2D eigenvalue weighted by Gasteiger charge is 2.25. The Bertz CT molecular complexity index is 1250. The van der Waals surface area contributed by atoms with E-state index >= 15 is 0 Å². The lowest BCUT2D eigenvalue weighted by atomic mass is 10.2. The minimum absolute atomic E-state index is 0.0914. The second kappa shape index (κ2) is 9.40. The molecule has 0 spiro atoms. The molecule has 4 rings (SSSR count). The number of nitrogens with zero attached hydrogens (tertiary/aromatic N) is 5. The molecule has 0 aliphatic heterocycles. The van der Waals surface area contributed by atoms with Gasteiger partial charge in [-0.1, -0.05) is 41.1 Å².